The van der Waals surface area contributed by atoms with E-state index in [9.17, 15) is 0 Å². The molecule has 1 aliphatic rings. The van der Waals surface area contributed by atoms with E-state index in [0.29, 0.717) is 0 Å². The van der Waals surface area contributed by atoms with Crippen molar-refractivity contribution in [3.63, 3.8) is 0 Å². The summed E-state index contributed by atoms with van der Waals surface area (Å²) in [7, 11) is -3.23. The fraction of sp³-hybridized carbons (Fsp3) is 0. The van der Waals surface area contributed by atoms with Crippen LogP contribution in [0.1, 0.15) is 0 Å². The second kappa shape index (κ2) is 9.72. The molecule has 0 fully saturated rings. The molecule has 6 heteroatoms. The van der Waals surface area contributed by atoms with Crippen molar-refractivity contribution in [3.05, 3.63) is 146 Å². The highest BCUT2D eigenvalue weighted by Crippen LogP contribution is 2.50. The number of hydrogen-bond acceptors (Lipinski definition) is 4. The molecule has 0 amide bonds. The molecule has 0 N–H and O–H groups in total. The fourth-order valence-corrected chi connectivity index (χ4v) is 10.4. The molecule has 0 saturated carbocycles. The fourth-order valence-electron chi connectivity index (χ4n) is 6.37. The van der Waals surface area contributed by atoms with Crippen molar-refractivity contribution >= 4 is 55.6 Å². The average Bonchev–Trinajstić information content (AvgIpc) is 3.71. The third-order valence-electron chi connectivity index (χ3n) is 8.46. The van der Waals surface area contributed by atoms with Crippen molar-refractivity contribution in [2.45, 2.75) is 0 Å². The molecule has 1 atom stereocenters. The van der Waals surface area contributed by atoms with Crippen LogP contribution in [-0.2, 0) is 4.57 Å². The van der Waals surface area contributed by atoms with Gasteiger partial charge in [-0.15, -0.1) is 11.3 Å². The average molecular weight is 602 g/mol. The Morgan fingerprint density at radius 3 is 2.02 bits per heavy atom. The van der Waals surface area contributed by atoms with Gasteiger partial charge in [0, 0.05) is 27.0 Å². The third kappa shape index (κ3) is 3.73. The quantitative estimate of drug-likeness (QED) is 0.190. The molecule has 208 valence electrons. The first-order valence-corrected chi connectivity index (χ1v) is 17.1. The third-order valence-corrected chi connectivity index (χ3v) is 12.6. The molecule has 0 spiro atoms. The Kier molecular flexibility index (Phi) is 5.61. The maximum Gasteiger partial charge on any atom is 0.175 e. The highest BCUT2D eigenvalue weighted by atomic mass is 32.1. The summed E-state index contributed by atoms with van der Waals surface area (Å²) in [5, 5.41) is 3.48. The van der Waals surface area contributed by atoms with Crippen molar-refractivity contribution < 1.29 is 4.57 Å². The Labute approximate surface area is 258 Å². The maximum atomic E-state index is 15.7. The Morgan fingerprint density at radius 1 is 0.545 bits per heavy atom. The van der Waals surface area contributed by atoms with Crippen molar-refractivity contribution in [2.75, 3.05) is 0 Å². The summed E-state index contributed by atoms with van der Waals surface area (Å²) >= 11 is 1.70. The van der Waals surface area contributed by atoms with E-state index in [4.69, 9.17) is 9.97 Å². The highest BCUT2D eigenvalue weighted by molar-refractivity contribution is 7.86. The zero-order valence-electron chi connectivity index (χ0n) is 23.5. The van der Waals surface area contributed by atoms with Gasteiger partial charge in [0.1, 0.15) is 10.8 Å². The minimum atomic E-state index is -3.23. The van der Waals surface area contributed by atoms with Gasteiger partial charge in [-0.2, -0.15) is 0 Å². The Hall–Kier alpha value is -5.09. The molecule has 2 aromatic heterocycles. The number of aromatic nitrogens is 3. The molecule has 1 unspecified atom stereocenters. The molecule has 1 aliphatic heterocycles. The summed E-state index contributed by atoms with van der Waals surface area (Å²) in [6.07, 6.45) is 0. The van der Waals surface area contributed by atoms with E-state index in [1.54, 1.807) is 11.3 Å². The van der Waals surface area contributed by atoms with E-state index in [1.165, 1.54) is 4.70 Å². The Balaban J connectivity index is 1.25. The molecular formula is C38H24N3OPS. The molecule has 44 heavy (non-hydrogen) atoms. The number of hydrogen-bond donors (Lipinski definition) is 0. The lowest BCUT2D eigenvalue weighted by molar-refractivity contribution is 0.592. The largest absolute Gasteiger partial charge is 0.308 e. The first-order chi connectivity index (χ1) is 21.7. The predicted molar refractivity (Wildman–Crippen MR) is 184 cm³/mol. The second-order valence-corrected chi connectivity index (χ2v) is 14.7. The van der Waals surface area contributed by atoms with E-state index >= 15 is 4.57 Å². The van der Waals surface area contributed by atoms with Crippen LogP contribution >= 0.6 is 18.5 Å². The summed E-state index contributed by atoms with van der Waals surface area (Å²) in [5.41, 5.74) is 7.88. The Bertz CT molecular complexity index is 2380. The predicted octanol–water partition coefficient (Wildman–Crippen LogP) is 8.59. The van der Waals surface area contributed by atoms with Crippen LogP contribution in [-0.4, -0.2) is 14.5 Å². The van der Waals surface area contributed by atoms with Gasteiger partial charge >= 0.3 is 0 Å². The molecule has 0 bridgehead atoms. The van der Waals surface area contributed by atoms with Gasteiger partial charge < -0.3 is 4.57 Å². The van der Waals surface area contributed by atoms with Crippen LogP contribution in [0.4, 0.5) is 0 Å². The van der Waals surface area contributed by atoms with Gasteiger partial charge in [0.2, 0.25) is 0 Å². The van der Waals surface area contributed by atoms with Crippen LogP contribution in [0.25, 0.3) is 60.0 Å². The van der Waals surface area contributed by atoms with Crippen molar-refractivity contribution in [3.8, 4) is 38.8 Å². The Morgan fingerprint density at radius 2 is 1.23 bits per heavy atom. The molecule has 0 aliphatic carbocycles. The van der Waals surface area contributed by atoms with Gasteiger partial charge in [0.25, 0.3) is 0 Å². The zero-order chi connectivity index (χ0) is 29.3. The number of benzene rings is 6. The van der Waals surface area contributed by atoms with Gasteiger partial charge in [-0.05, 0) is 47.5 Å². The van der Waals surface area contributed by atoms with Gasteiger partial charge in [-0.1, -0.05) is 109 Å². The van der Waals surface area contributed by atoms with Crippen LogP contribution in [0.2, 0.25) is 0 Å². The van der Waals surface area contributed by atoms with E-state index in [2.05, 4.69) is 71.3 Å². The van der Waals surface area contributed by atoms with E-state index < -0.39 is 7.14 Å². The number of rotatable bonds is 4. The summed E-state index contributed by atoms with van der Waals surface area (Å²) < 4.78 is 19.1. The lowest BCUT2D eigenvalue weighted by Crippen LogP contribution is -2.33. The van der Waals surface area contributed by atoms with Crippen LogP contribution < -0.4 is 15.9 Å². The van der Waals surface area contributed by atoms with Gasteiger partial charge in [0.15, 0.2) is 7.14 Å². The van der Waals surface area contributed by atoms with Crippen LogP contribution in [0.3, 0.4) is 0 Å². The normalized spacial score (nSPS) is 15.5. The topological polar surface area (TPSA) is 47.8 Å². The number of para-hydroxylation sites is 2. The van der Waals surface area contributed by atoms with E-state index in [-0.39, 0.29) is 0 Å². The molecule has 4 nitrogen and oxygen atoms in total. The monoisotopic (exact) mass is 601 g/mol. The molecule has 8 aromatic rings. The van der Waals surface area contributed by atoms with Gasteiger partial charge in [-0.3, -0.25) is 4.57 Å². The summed E-state index contributed by atoms with van der Waals surface area (Å²) in [6, 6.07) is 49.3. The van der Waals surface area contributed by atoms with Crippen molar-refractivity contribution in [1.82, 2.24) is 14.5 Å². The maximum absolute atomic E-state index is 15.7. The number of fused-ring (bicyclic) bond motifs is 3. The lowest BCUT2D eigenvalue weighted by Gasteiger charge is -2.29. The number of imidazole rings is 1. The number of nitrogens with zero attached hydrogens (tertiary/aromatic N) is 3. The van der Waals surface area contributed by atoms with Crippen LogP contribution in [0, 0.1) is 0 Å². The van der Waals surface area contributed by atoms with E-state index in [0.717, 1.165) is 71.2 Å². The van der Waals surface area contributed by atoms with Gasteiger partial charge in [0.05, 0.1) is 26.9 Å². The minimum Gasteiger partial charge on any atom is -0.308 e. The second-order valence-electron chi connectivity index (χ2n) is 11.0. The smallest absolute Gasteiger partial charge is 0.175 e. The summed E-state index contributed by atoms with van der Waals surface area (Å²) in [5.74, 6) is 0.849. The summed E-state index contributed by atoms with van der Waals surface area (Å²) in [6.45, 7) is 0. The minimum absolute atomic E-state index is 0.825. The standard InChI is InChI=1S/C38H24N3OPS/c42-43(29-12-5-2-6-13-29)33-16-9-15-31-36(33)41(37(39-31)26-10-3-1-4-11-26)32-23-22-28(24-34(32)43)25-18-20-27(21-19-25)38-40-30-14-7-8-17-35(30)44-38/h1-24H. The molecule has 6 aromatic carbocycles. The first-order valence-electron chi connectivity index (χ1n) is 14.5. The van der Waals surface area contributed by atoms with Crippen molar-refractivity contribution in [2.24, 2.45) is 0 Å². The lowest BCUT2D eigenvalue weighted by atomic mass is 10.0. The van der Waals surface area contributed by atoms with Crippen LogP contribution in [0.15, 0.2) is 146 Å². The molecule has 3 heterocycles. The molecule has 0 radical (unpaired) electrons. The molecule has 9 rings (SSSR count). The number of thiazole rings is 1. The summed E-state index contributed by atoms with van der Waals surface area (Å²) in [4.78, 5) is 9.92. The highest BCUT2D eigenvalue weighted by Gasteiger charge is 2.40. The van der Waals surface area contributed by atoms with Crippen molar-refractivity contribution in [1.29, 1.82) is 0 Å². The van der Waals surface area contributed by atoms with Crippen LogP contribution in [0.5, 0.6) is 0 Å². The van der Waals surface area contributed by atoms with E-state index in [1.807, 2.05) is 78.9 Å². The first kappa shape index (κ1) is 25.4. The van der Waals surface area contributed by atoms with Gasteiger partial charge in [-0.25, -0.2) is 9.97 Å². The SMILES string of the molecule is O=P1(c2ccccc2)c2cc(-c3ccc(-c4nc5ccccc5s4)cc3)ccc2-n2c(-c3ccccc3)nc3cccc1c32. The molecule has 0 saturated heterocycles. The molecular weight excluding hydrogens is 577 g/mol. The zero-order valence-corrected chi connectivity index (χ0v) is 25.2.